The van der Waals surface area contributed by atoms with Crippen molar-refractivity contribution < 1.29 is 22.4 Å². The molecule has 1 radical (unpaired) electrons. The van der Waals surface area contributed by atoms with Gasteiger partial charge in [-0.25, -0.2) is 17.6 Å². The number of amides is 1. The second kappa shape index (κ2) is 6.12. The third-order valence-corrected chi connectivity index (χ3v) is 4.46. The molecule has 3 nitrogen and oxygen atoms in total. The van der Waals surface area contributed by atoms with E-state index in [1.165, 1.54) is 22.8 Å². The Morgan fingerprint density at radius 3 is 2.48 bits per heavy atom. The van der Waals surface area contributed by atoms with Crippen LogP contribution in [-0.4, -0.2) is 10.5 Å². The van der Waals surface area contributed by atoms with Gasteiger partial charge < -0.3 is 10.3 Å². The molecule has 0 saturated carbocycles. The molecule has 4 rings (SSSR count). The molecule has 1 heterocycles. The molecule has 0 aliphatic carbocycles. The number of hydrogen-bond donors (Lipinski definition) is 1. The Morgan fingerprint density at radius 1 is 1.00 bits per heavy atom. The van der Waals surface area contributed by atoms with Crippen molar-refractivity contribution in [1.82, 2.24) is 4.57 Å². The van der Waals surface area contributed by atoms with E-state index in [2.05, 4.69) is 6.07 Å². The lowest BCUT2D eigenvalue weighted by Gasteiger charge is -2.10. The summed E-state index contributed by atoms with van der Waals surface area (Å²) in [6, 6.07) is 11.2. The van der Waals surface area contributed by atoms with Gasteiger partial charge in [-0.3, -0.25) is 4.79 Å². The molecule has 0 aliphatic heterocycles. The van der Waals surface area contributed by atoms with Crippen molar-refractivity contribution in [2.45, 2.75) is 6.54 Å². The number of carbonyl (C=O) groups excluding carboxylic acids is 1. The molecule has 0 unspecified atom stereocenters. The molecule has 1 aromatic heterocycles. The van der Waals surface area contributed by atoms with E-state index in [0.717, 1.165) is 6.07 Å². The van der Waals surface area contributed by atoms with Crippen molar-refractivity contribution in [2.75, 3.05) is 0 Å². The predicted molar refractivity (Wildman–Crippen MR) is 92.2 cm³/mol. The average Bonchev–Trinajstić information content (AvgIpc) is 2.95. The quantitative estimate of drug-likeness (QED) is 0.424. The van der Waals surface area contributed by atoms with E-state index >= 15 is 0 Å². The van der Waals surface area contributed by atoms with Gasteiger partial charge in [0.1, 0.15) is 11.6 Å². The van der Waals surface area contributed by atoms with Crippen LogP contribution in [0.25, 0.3) is 21.8 Å². The van der Waals surface area contributed by atoms with Gasteiger partial charge in [0.15, 0.2) is 11.6 Å². The van der Waals surface area contributed by atoms with Crippen molar-refractivity contribution >= 4 is 27.7 Å². The Balaban J connectivity index is 2.07. The van der Waals surface area contributed by atoms with Crippen LogP contribution in [-0.2, 0) is 6.54 Å². The SMILES string of the molecule is NC(=O)c1cccc2c1c1[c]ccc(F)c1n2Cc1cc(F)c(F)cc1F. The fourth-order valence-electron chi connectivity index (χ4n) is 3.29. The van der Waals surface area contributed by atoms with Gasteiger partial charge in [0, 0.05) is 28.0 Å². The molecule has 0 fully saturated rings. The first kappa shape index (κ1) is 17.1. The second-order valence-electron chi connectivity index (χ2n) is 6.06. The maximum Gasteiger partial charge on any atom is 0.249 e. The first-order valence-electron chi connectivity index (χ1n) is 7.93. The first-order chi connectivity index (χ1) is 12.9. The first-order valence-corrected chi connectivity index (χ1v) is 7.93. The lowest BCUT2D eigenvalue weighted by molar-refractivity contribution is 0.100. The zero-order valence-corrected chi connectivity index (χ0v) is 13.7. The van der Waals surface area contributed by atoms with Crippen LogP contribution in [0, 0.1) is 29.3 Å². The van der Waals surface area contributed by atoms with Crippen molar-refractivity contribution in [1.29, 1.82) is 0 Å². The number of rotatable bonds is 3. The molecule has 0 saturated heterocycles. The number of fused-ring (bicyclic) bond motifs is 3. The molecule has 135 valence electrons. The number of aromatic nitrogens is 1. The maximum atomic E-state index is 14.6. The molecule has 1 amide bonds. The highest BCUT2D eigenvalue weighted by molar-refractivity contribution is 6.17. The molecule has 0 spiro atoms. The molecule has 0 atom stereocenters. The number of nitrogens with zero attached hydrogens (tertiary/aromatic N) is 1. The van der Waals surface area contributed by atoms with Gasteiger partial charge in [0.05, 0.1) is 17.6 Å². The van der Waals surface area contributed by atoms with E-state index < -0.39 is 29.2 Å². The van der Waals surface area contributed by atoms with Gasteiger partial charge in [-0.1, -0.05) is 12.1 Å². The van der Waals surface area contributed by atoms with Crippen molar-refractivity contribution in [3.05, 3.63) is 82.9 Å². The van der Waals surface area contributed by atoms with Crippen molar-refractivity contribution in [3.63, 3.8) is 0 Å². The predicted octanol–water partition coefficient (Wildman–Crippen LogP) is 4.30. The number of nitrogens with two attached hydrogens (primary N) is 1. The standard InChI is InChI=1S/C20H11F4N2O/c21-13-5-1-3-11-18-12(20(25)27)4-2-6-17(18)26(19(11)13)9-10-7-15(23)16(24)8-14(10)22/h1-2,4-8H,9H2,(H2,25,27). The zero-order chi connectivity index (χ0) is 19.3. The molecule has 2 N–H and O–H groups in total. The topological polar surface area (TPSA) is 48.0 Å². The lowest BCUT2D eigenvalue weighted by atomic mass is 10.1. The average molecular weight is 371 g/mol. The van der Waals surface area contributed by atoms with Gasteiger partial charge in [0.25, 0.3) is 0 Å². The van der Waals surface area contributed by atoms with Crippen LogP contribution in [0.1, 0.15) is 15.9 Å². The van der Waals surface area contributed by atoms with Crippen LogP contribution in [0.5, 0.6) is 0 Å². The summed E-state index contributed by atoms with van der Waals surface area (Å²) in [5.41, 5.74) is 5.87. The smallest absolute Gasteiger partial charge is 0.249 e. The summed E-state index contributed by atoms with van der Waals surface area (Å²) in [7, 11) is 0. The van der Waals surface area contributed by atoms with E-state index in [4.69, 9.17) is 5.73 Å². The van der Waals surface area contributed by atoms with Crippen LogP contribution in [0.3, 0.4) is 0 Å². The van der Waals surface area contributed by atoms with Gasteiger partial charge in [-0.05, 0) is 30.3 Å². The minimum atomic E-state index is -1.31. The van der Waals surface area contributed by atoms with E-state index in [-0.39, 0.29) is 23.2 Å². The fraction of sp³-hybridized carbons (Fsp3) is 0.0500. The molecule has 3 aromatic carbocycles. The number of primary amides is 1. The number of benzene rings is 3. The van der Waals surface area contributed by atoms with E-state index in [9.17, 15) is 22.4 Å². The van der Waals surface area contributed by atoms with Gasteiger partial charge in [-0.15, -0.1) is 0 Å². The molecule has 7 heteroatoms. The summed E-state index contributed by atoms with van der Waals surface area (Å²) >= 11 is 0. The Bertz CT molecular complexity index is 1230. The van der Waals surface area contributed by atoms with E-state index in [1.54, 1.807) is 12.1 Å². The van der Waals surface area contributed by atoms with Crippen LogP contribution in [0.4, 0.5) is 17.6 Å². The minimum Gasteiger partial charge on any atom is -0.366 e. The lowest BCUT2D eigenvalue weighted by Crippen LogP contribution is -2.11. The second-order valence-corrected chi connectivity index (χ2v) is 6.06. The Hall–Kier alpha value is -3.35. The van der Waals surface area contributed by atoms with Crippen LogP contribution >= 0.6 is 0 Å². The van der Waals surface area contributed by atoms with Gasteiger partial charge in [0.2, 0.25) is 5.91 Å². The highest BCUT2D eigenvalue weighted by atomic mass is 19.2. The molecule has 27 heavy (non-hydrogen) atoms. The molecular formula is C20H11F4N2O. The summed E-state index contributed by atoms with van der Waals surface area (Å²) in [6.45, 7) is -0.278. The maximum absolute atomic E-state index is 14.6. The normalized spacial score (nSPS) is 11.4. The molecule has 0 aliphatic rings. The Kier molecular flexibility index (Phi) is 3.87. The largest absolute Gasteiger partial charge is 0.366 e. The van der Waals surface area contributed by atoms with Gasteiger partial charge in [-0.2, -0.15) is 0 Å². The molecule has 4 aromatic rings. The monoisotopic (exact) mass is 371 g/mol. The summed E-state index contributed by atoms with van der Waals surface area (Å²) in [6.07, 6.45) is 0. The minimum absolute atomic E-state index is 0.0605. The Morgan fingerprint density at radius 2 is 1.74 bits per heavy atom. The number of carbonyl (C=O) groups is 1. The van der Waals surface area contributed by atoms with Gasteiger partial charge >= 0.3 is 0 Å². The van der Waals surface area contributed by atoms with Crippen LogP contribution in [0.2, 0.25) is 0 Å². The summed E-state index contributed by atoms with van der Waals surface area (Å²) in [4.78, 5) is 11.8. The highest BCUT2D eigenvalue weighted by Gasteiger charge is 2.20. The van der Waals surface area contributed by atoms with Crippen LogP contribution in [0.15, 0.2) is 42.5 Å². The third kappa shape index (κ3) is 2.63. The summed E-state index contributed by atoms with van der Waals surface area (Å²) < 4.78 is 56.9. The van der Waals surface area contributed by atoms with Crippen molar-refractivity contribution in [3.8, 4) is 0 Å². The highest BCUT2D eigenvalue weighted by Crippen LogP contribution is 2.33. The van der Waals surface area contributed by atoms with Crippen LogP contribution < -0.4 is 5.73 Å². The fourth-order valence-corrected chi connectivity index (χ4v) is 3.29. The molecule has 0 bridgehead atoms. The number of hydrogen-bond acceptors (Lipinski definition) is 1. The van der Waals surface area contributed by atoms with E-state index in [0.29, 0.717) is 22.4 Å². The zero-order valence-electron chi connectivity index (χ0n) is 13.7. The van der Waals surface area contributed by atoms with Crippen molar-refractivity contribution in [2.24, 2.45) is 5.73 Å². The summed E-state index contributed by atoms with van der Waals surface area (Å²) in [5, 5.41) is 0.657. The summed E-state index contributed by atoms with van der Waals surface area (Å²) in [5.74, 6) is -4.82. The third-order valence-electron chi connectivity index (χ3n) is 4.46. The Labute approximate surface area is 150 Å². The number of halogens is 4. The van der Waals surface area contributed by atoms with E-state index in [1.807, 2.05) is 0 Å². The molecular weight excluding hydrogens is 360 g/mol.